The van der Waals surface area contributed by atoms with Gasteiger partial charge in [0.05, 0.1) is 19.2 Å². The largest absolute Gasteiger partial charge is 0.493 e. The molecule has 1 aromatic rings. The van der Waals surface area contributed by atoms with Crippen molar-refractivity contribution >= 4 is 11.6 Å². The second-order valence-electron chi connectivity index (χ2n) is 5.44. The molecule has 1 rings (SSSR count). The highest BCUT2D eigenvalue weighted by Gasteiger charge is 2.14. The van der Waals surface area contributed by atoms with E-state index in [-0.39, 0.29) is 5.41 Å². The quantitative estimate of drug-likeness (QED) is 0.889. The van der Waals surface area contributed by atoms with Gasteiger partial charge in [-0.15, -0.1) is 0 Å². The molecule has 4 heteroatoms. The molecule has 0 unspecified atom stereocenters. The van der Waals surface area contributed by atoms with Crippen LogP contribution in [0.25, 0.3) is 0 Å². The van der Waals surface area contributed by atoms with Crippen LogP contribution < -0.4 is 14.8 Å². The van der Waals surface area contributed by atoms with Crippen molar-refractivity contribution < 1.29 is 9.47 Å². The van der Waals surface area contributed by atoms with Crippen molar-refractivity contribution in [2.75, 3.05) is 20.8 Å². The Hall–Kier alpha value is -0.930. The van der Waals surface area contributed by atoms with Crippen LogP contribution in [0.15, 0.2) is 12.1 Å². The zero-order valence-corrected chi connectivity index (χ0v) is 12.5. The van der Waals surface area contributed by atoms with E-state index in [0.717, 1.165) is 18.7 Å². The van der Waals surface area contributed by atoms with Gasteiger partial charge in [-0.2, -0.15) is 0 Å². The topological polar surface area (TPSA) is 30.5 Å². The lowest BCUT2D eigenvalue weighted by atomic mass is 9.97. The summed E-state index contributed by atoms with van der Waals surface area (Å²) in [5.74, 6) is 1.25. The van der Waals surface area contributed by atoms with Gasteiger partial charge < -0.3 is 14.8 Å². The Kier molecular flexibility index (Phi) is 5.29. The van der Waals surface area contributed by atoms with E-state index in [1.165, 1.54) is 0 Å². The second kappa shape index (κ2) is 6.30. The Labute approximate surface area is 114 Å². The van der Waals surface area contributed by atoms with Crippen LogP contribution in [-0.4, -0.2) is 20.8 Å². The van der Waals surface area contributed by atoms with Crippen molar-refractivity contribution in [3.05, 3.63) is 22.7 Å². The molecular formula is C14H22ClNO2. The average molecular weight is 272 g/mol. The summed E-state index contributed by atoms with van der Waals surface area (Å²) in [6.45, 7) is 8.22. The van der Waals surface area contributed by atoms with E-state index in [0.29, 0.717) is 16.5 Å². The molecule has 0 amide bonds. The number of rotatable bonds is 5. The molecule has 0 aliphatic heterocycles. The molecule has 1 N–H and O–H groups in total. The van der Waals surface area contributed by atoms with Gasteiger partial charge in [-0.3, -0.25) is 0 Å². The summed E-state index contributed by atoms with van der Waals surface area (Å²) in [6, 6.07) is 3.83. The van der Waals surface area contributed by atoms with Crippen molar-refractivity contribution in [3.63, 3.8) is 0 Å². The number of benzene rings is 1. The van der Waals surface area contributed by atoms with Crippen molar-refractivity contribution in [2.24, 2.45) is 5.41 Å². The first-order valence-corrected chi connectivity index (χ1v) is 6.37. The van der Waals surface area contributed by atoms with E-state index in [1.807, 2.05) is 12.1 Å². The molecule has 3 nitrogen and oxygen atoms in total. The first-order chi connectivity index (χ1) is 8.39. The van der Waals surface area contributed by atoms with Gasteiger partial charge in [-0.25, -0.2) is 0 Å². The van der Waals surface area contributed by atoms with Gasteiger partial charge in [0.2, 0.25) is 0 Å². The van der Waals surface area contributed by atoms with Gasteiger partial charge >= 0.3 is 0 Å². The van der Waals surface area contributed by atoms with Gasteiger partial charge in [0, 0.05) is 13.1 Å². The van der Waals surface area contributed by atoms with Crippen molar-refractivity contribution in [1.29, 1.82) is 0 Å². The molecule has 0 bridgehead atoms. The van der Waals surface area contributed by atoms with E-state index < -0.39 is 0 Å². The Bertz CT molecular complexity index is 400. The number of hydrogen-bond acceptors (Lipinski definition) is 3. The highest BCUT2D eigenvalue weighted by atomic mass is 35.5. The van der Waals surface area contributed by atoms with Gasteiger partial charge in [0.25, 0.3) is 0 Å². The molecule has 0 heterocycles. The fourth-order valence-electron chi connectivity index (χ4n) is 1.64. The third kappa shape index (κ3) is 4.07. The Balaban J connectivity index is 2.78. The minimum atomic E-state index is 0.253. The number of hydrogen-bond donors (Lipinski definition) is 1. The van der Waals surface area contributed by atoms with Crippen LogP contribution in [0.4, 0.5) is 0 Å². The first kappa shape index (κ1) is 15.1. The van der Waals surface area contributed by atoms with Crippen LogP contribution in [0.2, 0.25) is 5.02 Å². The highest BCUT2D eigenvalue weighted by Crippen LogP contribution is 2.37. The predicted molar refractivity (Wildman–Crippen MR) is 75.7 cm³/mol. The number of methoxy groups -OCH3 is 2. The third-order valence-corrected chi connectivity index (χ3v) is 2.95. The van der Waals surface area contributed by atoms with Gasteiger partial charge in [-0.1, -0.05) is 38.4 Å². The molecule has 0 atom stereocenters. The van der Waals surface area contributed by atoms with Crippen LogP contribution in [0.5, 0.6) is 11.5 Å². The summed E-state index contributed by atoms with van der Waals surface area (Å²) in [5, 5.41) is 4.00. The monoisotopic (exact) mass is 271 g/mol. The van der Waals surface area contributed by atoms with E-state index in [1.54, 1.807) is 14.2 Å². The number of halogens is 1. The standard InChI is InChI=1S/C14H22ClNO2/c1-14(2,3)9-16-8-10-6-7-11(17-4)13(18-5)12(10)15/h6-7,16H,8-9H2,1-5H3. The SMILES string of the molecule is COc1ccc(CNCC(C)(C)C)c(Cl)c1OC. The molecule has 18 heavy (non-hydrogen) atoms. The van der Waals surface area contributed by atoms with Gasteiger partial charge in [-0.05, 0) is 17.0 Å². The molecule has 0 aromatic heterocycles. The van der Waals surface area contributed by atoms with Crippen LogP contribution >= 0.6 is 11.6 Å². The summed E-state index contributed by atoms with van der Waals surface area (Å²) >= 11 is 6.30. The molecule has 0 spiro atoms. The molecule has 0 fully saturated rings. The van der Waals surface area contributed by atoms with Crippen LogP contribution in [-0.2, 0) is 6.54 Å². The lowest BCUT2D eigenvalue weighted by Crippen LogP contribution is -2.26. The smallest absolute Gasteiger partial charge is 0.179 e. The van der Waals surface area contributed by atoms with Crippen molar-refractivity contribution in [2.45, 2.75) is 27.3 Å². The zero-order chi connectivity index (χ0) is 13.8. The summed E-state index contributed by atoms with van der Waals surface area (Å²) in [4.78, 5) is 0. The average Bonchev–Trinajstić information content (AvgIpc) is 2.29. The maximum atomic E-state index is 6.30. The Morgan fingerprint density at radius 1 is 1.17 bits per heavy atom. The molecule has 0 aliphatic carbocycles. The normalized spacial score (nSPS) is 11.4. The number of ether oxygens (including phenoxy) is 2. The summed E-state index contributed by atoms with van der Waals surface area (Å²) in [5.41, 5.74) is 1.27. The van der Waals surface area contributed by atoms with E-state index >= 15 is 0 Å². The zero-order valence-electron chi connectivity index (χ0n) is 11.8. The predicted octanol–water partition coefficient (Wildman–Crippen LogP) is 3.49. The Morgan fingerprint density at radius 3 is 2.33 bits per heavy atom. The lowest BCUT2D eigenvalue weighted by molar-refractivity contribution is 0.353. The molecular weight excluding hydrogens is 250 g/mol. The molecule has 0 radical (unpaired) electrons. The van der Waals surface area contributed by atoms with Crippen molar-refractivity contribution in [1.82, 2.24) is 5.32 Å². The van der Waals surface area contributed by atoms with Crippen LogP contribution in [0.1, 0.15) is 26.3 Å². The van der Waals surface area contributed by atoms with Gasteiger partial charge in [0.1, 0.15) is 0 Å². The summed E-state index contributed by atoms with van der Waals surface area (Å²) in [7, 11) is 3.20. The van der Waals surface area contributed by atoms with Crippen LogP contribution in [0.3, 0.4) is 0 Å². The summed E-state index contributed by atoms with van der Waals surface area (Å²) in [6.07, 6.45) is 0. The van der Waals surface area contributed by atoms with Gasteiger partial charge in [0.15, 0.2) is 11.5 Å². The molecule has 0 aliphatic rings. The maximum Gasteiger partial charge on any atom is 0.179 e. The van der Waals surface area contributed by atoms with E-state index in [9.17, 15) is 0 Å². The first-order valence-electron chi connectivity index (χ1n) is 5.99. The second-order valence-corrected chi connectivity index (χ2v) is 5.82. The fourth-order valence-corrected chi connectivity index (χ4v) is 1.94. The van der Waals surface area contributed by atoms with E-state index in [4.69, 9.17) is 21.1 Å². The maximum absolute atomic E-state index is 6.30. The van der Waals surface area contributed by atoms with Crippen molar-refractivity contribution in [3.8, 4) is 11.5 Å². The molecule has 1 aromatic carbocycles. The Morgan fingerprint density at radius 2 is 1.83 bits per heavy atom. The molecule has 0 saturated carbocycles. The minimum absolute atomic E-state index is 0.253. The fraction of sp³-hybridized carbons (Fsp3) is 0.571. The molecule has 0 saturated heterocycles. The number of nitrogens with one attached hydrogen (secondary N) is 1. The third-order valence-electron chi connectivity index (χ3n) is 2.54. The summed E-state index contributed by atoms with van der Waals surface area (Å²) < 4.78 is 10.5. The minimum Gasteiger partial charge on any atom is -0.493 e. The molecule has 102 valence electrons. The van der Waals surface area contributed by atoms with Crippen LogP contribution in [0, 0.1) is 5.41 Å². The lowest BCUT2D eigenvalue weighted by Gasteiger charge is -2.19. The highest BCUT2D eigenvalue weighted by molar-refractivity contribution is 6.33. The van der Waals surface area contributed by atoms with E-state index in [2.05, 4.69) is 26.1 Å².